The number of hydrogen-bond acceptors (Lipinski definition) is 7. The summed E-state index contributed by atoms with van der Waals surface area (Å²) in [6.07, 6.45) is -0.448. The number of primary amides is 1. The van der Waals surface area contributed by atoms with Crippen LogP contribution in [-0.4, -0.2) is 64.5 Å². The summed E-state index contributed by atoms with van der Waals surface area (Å²) in [5.74, 6) is -4.49. The van der Waals surface area contributed by atoms with Crippen LogP contribution < -0.4 is 27.4 Å². The molecule has 0 radical (unpaired) electrons. The van der Waals surface area contributed by atoms with Crippen LogP contribution in [0.5, 0.6) is 5.75 Å². The van der Waals surface area contributed by atoms with Gasteiger partial charge >= 0.3 is 5.97 Å². The zero-order valence-corrected chi connectivity index (χ0v) is 19.3. The molecule has 3 unspecified atom stereocenters. The van der Waals surface area contributed by atoms with Gasteiger partial charge in [0.25, 0.3) is 0 Å². The Labute approximate surface area is 207 Å². The number of aromatic hydroxyl groups is 1. The minimum atomic E-state index is -1.45. The summed E-state index contributed by atoms with van der Waals surface area (Å²) in [7, 11) is 0. The predicted molar refractivity (Wildman–Crippen MR) is 128 cm³/mol. The molecule has 192 valence electrons. The molecule has 2 aromatic rings. The van der Waals surface area contributed by atoms with Crippen LogP contribution in [0, 0.1) is 0 Å². The van der Waals surface area contributed by atoms with Crippen molar-refractivity contribution in [2.45, 2.75) is 37.4 Å². The summed E-state index contributed by atoms with van der Waals surface area (Å²) in [5.41, 5.74) is 12.4. The smallest absolute Gasteiger partial charge is 0.326 e. The van der Waals surface area contributed by atoms with Crippen molar-refractivity contribution in [1.29, 1.82) is 0 Å². The number of carbonyl (C=O) groups excluding carboxylic acids is 4. The van der Waals surface area contributed by atoms with Crippen molar-refractivity contribution in [2.75, 3.05) is 6.54 Å². The molecule has 2 rings (SSSR count). The molecule has 0 bridgehead atoms. The summed E-state index contributed by atoms with van der Waals surface area (Å²) >= 11 is 0. The summed E-state index contributed by atoms with van der Waals surface area (Å²) in [6.45, 7) is -0.545. The first-order valence-electron chi connectivity index (χ1n) is 11.0. The number of nitrogens with one attached hydrogen (secondary N) is 3. The number of carboxylic acid groups (broad SMARTS) is 1. The molecule has 0 aliphatic rings. The fraction of sp³-hybridized carbons (Fsp3) is 0.292. The Balaban J connectivity index is 1.93. The number of amides is 4. The second-order valence-corrected chi connectivity index (χ2v) is 8.07. The van der Waals surface area contributed by atoms with E-state index in [0.717, 1.165) is 0 Å². The summed E-state index contributed by atoms with van der Waals surface area (Å²) in [6, 6.07) is 10.9. The Hall–Kier alpha value is -4.45. The van der Waals surface area contributed by atoms with Gasteiger partial charge in [0.15, 0.2) is 0 Å². The fourth-order valence-electron chi connectivity index (χ4n) is 3.26. The van der Waals surface area contributed by atoms with Gasteiger partial charge in [-0.3, -0.25) is 19.2 Å². The average molecular weight is 500 g/mol. The van der Waals surface area contributed by atoms with Crippen LogP contribution >= 0.6 is 0 Å². The highest BCUT2D eigenvalue weighted by molar-refractivity contribution is 5.95. The molecule has 4 amide bonds. The molecule has 0 aliphatic carbocycles. The number of rotatable bonds is 13. The van der Waals surface area contributed by atoms with E-state index in [-0.39, 0.29) is 18.6 Å². The second-order valence-electron chi connectivity index (χ2n) is 8.07. The SMILES string of the molecule is NC(=O)CC(NC(=O)CNC(=O)C(N)Cc1ccc(O)cc1)C(=O)NC(Cc1ccccc1)C(=O)O. The van der Waals surface area contributed by atoms with E-state index in [9.17, 15) is 34.2 Å². The number of phenols is 1. The van der Waals surface area contributed by atoms with Crippen LogP contribution in [0.1, 0.15) is 17.5 Å². The van der Waals surface area contributed by atoms with Crippen molar-refractivity contribution in [3.8, 4) is 5.75 Å². The van der Waals surface area contributed by atoms with Crippen LogP contribution in [-0.2, 0) is 36.8 Å². The van der Waals surface area contributed by atoms with Gasteiger partial charge in [-0.2, -0.15) is 0 Å². The van der Waals surface area contributed by atoms with Crippen LogP contribution in [0.15, 0.2) is 54.6 Å². The van der Waals surface area contributed by atoms with Crippen molar-refractivity contribution in [1.82, 2.24) is 16.0 Å². The lowest BCUT2D eigenvalue weighted by molar-refractivity contribution is -0.142. The standard InChI is InChI=1S/C24H29N5O7/c25-17(10-15-6-8-16(30)9-7-15)22(33)27-13-21(32)28-18(12-20(26)31)23(34)29-19(24(35)36)11-14-4-2-1-3-5-14/h1-9,17-19,30H,10-13,25H2,(H2,26,31)(H,27,33)(H,28,32)(H,29,34)(H,35,36). The van der Waals surface area contributed by atoms with Crippen molar-refractivity contribution in [3.63, 3.8) is 0 Å². The lowest BCUT2D eigenvalue weighted by atomic mass is 10.0. The second kappa shape index (κ2) is 13.4. The zero-order valence-electron chi connectivity index (χ0n) is 19.3. The van der Waals surface area contributed by atoms with E-state index < -0.39 is 60.7 Å². The maximum Gasteiger partial charge on any atom is 0.326 e. The Morgan fingerprint density at radius 3 is 2.00 bits per heavy atom. The van der Waals surface area contributed by atoms with E-state index in [1.54, 1.807) is 42.5 Å². The van der Waals surface area contributed by atoms with E-state index in [1.165, 1.54) is 12.1 Å². The molecule has 12 heteroatoms. The summed E-state index contributed by atoms with van der Waals surface area (Å²) < 4.78 is 0. The summed E-state index contributed by atoms with van der Waals surface area (Å²) in [4.78, 5) is 60.3. The molecule has 3 atom stereocenters. The monoisotopic (exact) mass is 499 g/mol. The van der Waals surface area contributed by atoms with Crippen molar-refractivity contribution in [3.05, 3.63) is 65.7 Å². The first-order valence-corrected chi connectivity index (χ1v) is 11.0. The third-order valence-electron chi connectivity index (χ3n) is 5.11. The summed E-state index contributed by atoms with van der Waals surface area (Å²) in [5, 5.41) is 25.7. The van der Waals surface area contributed by atoms with Gasteiger partial charge in [0.05, 0.1) is 19.0 Å². The number of aliphatic carboxylic acids is 1. The molecule has 0 spiro atoms. The molecule has 12 nitrogen and oxygen atoms in total. The fourth-order valence-corrected chi connectivity index (χ4v) is 3.26. The third kappa shape index (κ3) is 9.43. The Bertz CT molecular complexity index is 1080. The highest BCUT2D eigenvalue weighted by atomic mass is 16.4. The number of benzene rings is 2. The number of carbonyl (C=O) groups is 5. The van der Waals surface area contributed by atoms with Crippen LogP contribution in [0.4, 0.5) is 0 Å². The minimum absolute atomic E-state index is 0.0197. The Morgan fingerprint density at radius 2 is 1.42 bits per heavy atom. The first-order chi connectivity index (χ1) is 17.0. The highest BCUT2D eigenvalue weighted by Crippen LogP contribution is 2.11. The highest BCUT2D eigenvalue weighted by Gasteiger charge is 2.28. The average Bonchev–Trinajstić information content (AvgIpc) is 2.83. The minimum Gasteiger partial charge on any atom is -0.508 e. The maximum absolute atomic E-state index is 12.7. The molecule has 0 heterocycles. The molecule has 36 heavy (non-hydrogen) atoms. The number of carboxylic acids is 1. The van der Waals surface area contributed by atoms with Crippen molar-refractivity contribution < 1.29 is 34.2 Å². The molecule has 9 N–H and O–H groups in total. The van der Waals surface area contributed by atoms with Gasteiger partial charge in [0.2, 0.25) is 23.6 Å². The van der Waals surface area contributed by atoms with Crippen LogP contribution in [0.25, 0.3) is 0 Å². The van der Waals surface area contributed by atoms with Crippen molar-refractivity contribution >= 4 is 29.6 Å². The third-order valence-corrected chi connectivity index (χ3v) is 5.11. The van der Waals surface area contributed by atoms with E-state index >= 15 is 0 Å². The van der Waals surface area contributed by atoms with Crippen LogP contribution in [0.3, 0.4) is 0 Å². The lowest BCUT2D eigenvalue weighted by Crippen LogP contribution is -2.55. The van der Waals surface area contributed by atoms with E-state index in [4.69, 9.17) is 11.5 Å². The molecule has 2 aromatic carbocycles. The number of phenolic OH excluding ortho intramolecular Hbond substituents is 1. The van der Waals surface area contributed by atoms with E-state index in [2.05, 4.69) is 16.0 Å². The molecule has 0 fully saturated rings. The quantitative estimate of drug-likeness (QED) is 0.173. The maximum atomic E-state index is 12.7. The molecular weight excluding hydrogens is 470 g/mol. The largest absolute Gasteiger partial charge is 0.508 e. The Morgan fingerprint density at radius 1 is 0.806 bits per heavy atom. The van der Waals surface area contributed by atoms with Gasteiger partial charge in [-0.05, 0) is 29.7 Å². The van der Waals surface area contributed by atoms with Gasteiger partial charge in [-0.25, -0.2) is 4.79 Å². The number of nitrogens with two attached hydrogens (primary N) is 2. The normalized spacial score (nSPS) is 13.0. The first kappa shape index (κ1) is 27.8. The van der Waals surface area contributed by atoms with Crippen molar-refractivity contribution in [2.24, 2.45) is 11.5 Å². The van der Waals surface area contributed by atoms with Crippen LogP contribution in [0.2, 0.25) is 0 Å². The molecule has 0 saturated carbocycles. The molecule has 0 saturated heterocycles. The lowest BCUT2D eigenvalue weighted by Gasteiger charge is -2.21. The van der Waals surface area contributed by atoms with Gasteiger partial charge in [0.1, 0.15) is 17.8 Å². The van der Waals surface area contributed by atoms with E-state index in [1.807, 2.05) is 0 Å². The topological polar surface area (TPSA) is 214 Å². The van der Waals surface area contributed by atoms with E-state index in [0.29, 0.717) is 11.1 Å². The molecule has 0 aromatic heterocycles. The predicted octanol–water partition coefficient (Wildman–Crippen LogP) is -1.45. The van der Waals surface area contributed by atoms with Gasteiger partial charge in [-0.1, -0.05) is 42.5 Å². The van der Waals surface area contributed by atoms with Gasteiger partial charge < -0.3 is 37.6 Å². The molecule has 0 aliphatic heterocycles. The molecular formula is C24H29N5O7. The number of hydrogen-bond donors (Lipinski definition) is 7. The van der Waals surface area contributed by atoms with Gasteiger partial charge in [-0.15, -0.1) is 0 Å². The Kier molecular flexibility index (Phi) is 10.4. The zero-order chi connectivity index (χ0) is 26.7. The van der Waals surface area contributed by atoms with Gasteiger partial charge in [0, 0.05) is 6.42 Å².